The third kappa shape index (κ3) is 4.17. The number of carbonyl (C=O) groups is 1. The van der Waals surface area contributed by atoms with E-state index in [9.17, 15) is 9.90 Å². The topological polar surface area (TPSA) is 73.1 Å². The van der Waals surface area contributed by atoms with E-state index in [1.54, 1.807) is 24.3 Å². The number of hydrogen-bond donors (Lipinski definition) is 2. The molecule has 23 heavy (non-hydrogen) atoms. The molecular formula is C16H9Cl3N2O2. The van der Waals surface area contributed by atoms with E-state index in [4.69, 9.17) is 40.1 Å². The zero-order valence-corrected chi connectivity index (χ0v) is 13.7. The lowest BCUT2D eigenvalue weighted by molar-refractivity contribution is -0.112. The highest BCUT2D eigenvalue weighted by Crippen LogP contribution is 2.30. The van der Waals surface area contributed by atoms with Gasteiger partial charge in [-0.05, 0) is 36.4 Å². The number of nitrogens with zero attached hydrogens (tertiary/aromatic N) is 1. The Morgan fingerprint density at radius 3 is 2.65 bits per heavy atom. The highest BCUT2D eigenvalue weighted by molar-refractivity contribution is 6.44. The smallest absolute Gasteiger partial charge is 0.266 e. The SMILES string of the molecule is N#C/C(=C/c1cc(Cl)ccc1O)C(=O)Nc1cccc(Cl)c1Cl. The molecule has 0 spiro atoms. The van der Waals surface area contributed by atoms with E-state index in [0.29, 0.717) is 5.02 Å². The molecule has 0 atom stereocenters. The van der Waals surface area contributed by atoms with Gasteiger partial charge in [0.05, 0.1) is 15.7 Å². The second-order valence-electron chi connectivity index (χ2n) is 4.43. The summed E-state index contributed by atoms with van der Waals surface area (Å²) in [4.78, 5) is 12.2. The number of phenolic OH excluding ortho intramolecular Hbond substituents is 1. The van der Waals surface area contributed by atoms with Gasteiger partial charge in [-0.3, -0.25) is 4.79 Å². The quantitative estimate of drug-likeness (QED) is 0.598. The molecule has 7 heteroatoms. The number of benzene rings is 2. The monoisotopic (exact) mass is 366 g/mol. The molecular weight excluding hydrogens is 359 g/mol. The molecule has 2 aromatic carbocycles. The standard InChI is InChI=1S/C16H9Cl3N2O2/c17-11-4-5-14(22)9(7-11)6-10(8-20)16(23)21-13-3-1-2-12(18)15(13)19/h1-7,22H,(H,21,23)/b10-6-. The number of halogens is 3. The molecule has 0 aromatic heterocycles. The van der Waals surface area contributed by atoms with Gasteiger partial charge in [-0.15, -0.1) is 0 Å². The lowest BCUT2D eigenvalue weighted by atomic mass is 10.1. The number of phenols is 1. The van der Waals surface area contributed by atoms with Crippen molar-refractivity contribution in [1.82, 2.24) is 0 Å². The molecule has 2 rings (SSSR count). The maximum absolute atomic E-state index is 12.2. The molecule has 2 N–H and O–H groups in total. The molecule has 116 valence electrons. The summed E-state index contributed by atoms with van der Waals surface area (Å²) < 4.78 is 0. The van der Waals surface area contributed by atoms with Gasteiger partial charge in [0, 0.05) is 10.6 Å². The fourth-order valence-electron chi connectivity index (χ4n) is 1.74. The molecule has 0 aliphatic rings. The van der Waals surface area contributed by atoms with Gasteiger partial charge in [0.1, 0.15) is 17.4 Å². The summed E-state index contributed by atoms with van der Waals surface area (Å²) in [5.41, 5.74) is 0.306. The van der Waals surface area contributed by atoms with Gasteiger partial charge in [0.25, 0.3) is 5.91 Å². The molecule has 0 saturated carbocycles. The second kappa shape index (κ2) is 7.38. The minimum atomic E-state index is -0.684. The fraction of sp³-hybridized carbons (Fsp3) is 0. The van der Waals surface area contributed by atoms with Gasteiger partial charge in [0.15, 0.2) is 0 Å². The molecule has 0 radical (unpaired) electrons. The third-order valence-electron chi connectivity index (χ3n) is 2.85. The summed E-state index contributed by atoms with van der Waals surface area (Å²) in [6, 6.07) is 10.8. The molecule has 1 amide bonds. The number of aromatic hydroxyl groups is 1. The molecule has 0 aliphatic carbocycles. The Labute approximate surface area is 147 Å². The van der Waals surface area contributed by atoms with E-state index >= 15 is 0 Å². The summed E-state index contributed by atoms with van der Waals surface area (Å²) in [6.45, 7) is 0. The number of anilines is 1. The van der Waals surface area contributed by atoms with Crippen molar-refractivity contribution in [2.45, 2.75) is 0 Å². The van der Waals surface area contributed by atoms with Crippen molar-refractivity contribution in [1.29, 1.82) is 5.26 Å². The van der Waals surface area contributed by atoms with Crippen molar-refractivity contribution < 1.29 is 9.90 Å². The molecule has 0 heterocycles. The van der Waals surface area contributed by atoms with Crippen LogP contribution in [0, 0.1) is 11.3 Å². The van der Waals surface area contributed by atoms with E-state index in [0.717, 1.165) is 0 Å². The zero-order valence-electron chi connectivity index (χ0n) is 11.5. The fourth-order valence-corrected chi connectivity index (χ4v) is 2.26. The van der Waals surface area contributed by atoms with Crippen LogP contribution in [0.2, 0.25) is 15.1 Å². The predicted molar refractivity (Wildman–Crippen MR) is 91.8 cm³/mol. The van der Waals surface area contributed by atoms with E-state index in [-0.39, 0.29) is 32.6 Å². The third-order valence-corrected chi connectivity index (χ3v) is 3.91. The Balaban J connectivity index is 2.32. The van der Waals surface area contributed by atoms with Crippen LogP contribution in [0.3, 0.4) is 0 Å². The Morgan fingerprint density at radius 1 is 1.22 bits per heavy atom. The molecule has 2 aromatic rings. The minimum Gasteiger partial charge on any atom is -0.507 e. The Morgan fingerprint density at radius 2 is 1.96 bits per heavy atom. The summed E-state index contributed by atoms with van der Waals surface area (Å²) in [7, 11) is 0. The number of amides is 1. The molecule has 0 fully saturated rings. The van der Waals surface area contributed by atoms with Crippen molar-refractivity contribution in [2.24, 2.45) is 0 Å². The van der Waals surface area contributed by atoms with Crippen molar-refractivity contribution in [3.05, 3.63) is 62.6 Å². The van der Waals surface area contributed by atoms with Crippen LogP contribution in [0.5, 0.6) is 5.75 Å². The van der Waals surface area contributed by atoms with Crippen molar-refractivity contribution in [2.75, 3.05) is 5.32 Å². The molecule has 0 bridgehead atoms. The largest absolute Gasteiger partial charge is 0.507 e. The first-order valence-corrected chi connectivity index (χ1v) is 7.41. The lowest BCUT2D eigenvalue weighted by Crippen LogP contribution is -2.13. The Kier molecular flexibility index (Phi) is 5.51. The van der Waals surface area contributed by atoms with Gasteiger partial charge >= 0.3 is 0 Å². The summed E-state index contributed by atoms with van der Waals surface area (Å²) in [6.07, 6.45) is 1.23. The average Bonchev–Trinajstić information content (AvgIpc) is 2.52. The first-order valence-electron chi connectivity index (χ1n) is 6.28. The van der Waals surface area contributed by atoms with Gasteiger partial charge in [-0.2, -0.15) is 5.26 Å². The number of carbonyl (C=O) groups excluding carboxylic acids is 1. The summed E-state index contributed by atoms with van der Waals surface area (Å²) >= 11 is 17.7. The first-order chi connectivity index (χ1) is 10.9. The first kappa shape index (κ1) is 17.2. The summed E-state index contributed by atoms with van der Waals surface area (Å²) in [5.74, 6) is -0.785. The van der Waals surface area contributed by atoms with E-state index in [1.807, 2.05) is 0 Å². The van der Waals surface area contributed by atoms with Crippen LogP contribution >= 0.6 is 34.8 Å². The van der Waals surface area contributed by atoms with Gasteiger partial charge < -0.3 is 10.4 Å². The van der Waals surface area contributed by atoms with E-state index < -0.39 is 5.91 Å². The number of hydrogen-bond acceptors (Lipinski definition) is 3. The van der Waals surface area contributed by atoms with Crippen molar-refractivity contribution >= 4 is 52.5 Å². The van der Waals surface area contributed by atoms with Crippen LogP contribution < -0.4 is 5.32 Å². The highest BCUT2D eigenvalue weighted by Gasteiger charge is 2.13. The van der Waals surface area contributed by atoms with Crippen molar-refractivity contribution in [3.8, 4) is 11.8 Å². The Hall–Kier alpha value is -2.19. The van der Waals surface area contributed by atoms with Crippen LogP contribution in [-0.4, -0.2) is 11.0 Å². The molecule has 0 saturated heterocycles. The Bertz CT molecular complexity index is 842. The maximum Gasteiger partial charge on any atom is 0.266 e. The van der Waals surface area contributed by atoms with Crippen LogP contribution in [0.1, 0.15) is 5.56 Å². The maximum atomic E-state index is 12.2. The minimum absolute atomic E-state index is 0.101. The number of nitriles is 1. The second-order valence-corrected chi connectivity index (χ2v) is 5.65. The summed E-state index contributed by atoms with van der Waals surface area (Å²) in [5, 5.41) is 22.2. The van der Waals surface area contributed by atoms with E-state index in [1.165, 1.54) is 24.3 Å². The van der Waals surface area contributed by atoms with E-state index in [2.05, 4.69) is 5.32 Å². The van der Waals surface area contributed by atoms with Gasteiger partial charge in [-0.25, -0.2) is 0 Å². The van der Waals surface area contributed by atoms with Crippen molar-refractivity contribution in [3.63, 3.8) is 0 Å². The molecule has 0 aliphatic heterocycles. The predicted octanol–water partition coefficient (Wildman–Crippen LogP) is 4.90. The average molecular weight is 368 g/mol. The molecule has 0 unspecified atom stereocenters. The normalized spacial score (nSPS) is 11.0. The zero-order chi connectivity index (χ0) is 17.0. The highest BCUT2D eigenvalue weighted by atomic mass is 35.5. The number of rotatable bonds is 3. The van der Waals surface area contributed by atoms with Crippen LogP contribution in [0.15, 0.2) is 42.0 Å². The molecule has 4 nitrogen and oxygen atoms in total. The van der Waals surface area contributed by atoms with Crippen LogP contribution in [0.25, 0.3) is 6.08 Å². The van der Waals surface area contributed by atoms with Crippen LogP contribution in [-0.2, 0) is 4.79 Å². The van der Waals surface area contributed by atoms with Gasteiger partial charge in [0.2, 0.25) is 0 Å². The van der Waals surface area contributed by atoms with Gasteiger partial charge in [-0.1, -0.05) is 40.9 Å². The lowest BCUT2D eigenvalue weighted by Gasteiger charge is -2.08. The number of nitrogens with one attached hydrogen (secondary N) is 1. The van der Waals surface area contributed by atoms with Crippen LogP contribution in [0.4, 0.5) is 5.69 Å².